The van der Waals surface area contributed by atoms with Crippen LogP contribution in [0.25, 0.3) is 0 Å². The second-order valence-electron chi connectivity index (χ2n) is 3.83. The highest BCUT2D eigenvalue weighted by atomic mass is 79.9. The molecule has 1 aliphatic carbocycles. The van der Waals surface area contributed by atoms with Crippen LogP contribution in [-0.2, 0) is 19.1 Å². The van der Waals surface area contributed by atoms with E-state index in [9.17, 15) is 9.59 Å². The van der Waals surface area contributed by atoms with Crippen molar-refractivity contribution in [3.8, 4) is 0 Å². The van der Waals surface area contributed by atoms with Gasteiger partial charge in [-0.15, -0.1) is 0 Å². The first kappa shape index (κ1) is 14.7. The molecule has 0 amide bonds. The van der Waals surface area contributed by atoms with Crippen LogP contribution in [0.4, 0.5) is 0 Å². The zero-order chi connectivity index (χ0) is 13.2. The molecule has 0 N–H and O–H groups in total. The van der Waals surface area contributed by atoms with Gasteiger partial charge in [-0.05, 0) is 6.42 Å². The van der Waals surface area contributed by atoms with Gasteiger partial charge in [0.2, 0.25) is 0 Å². The van der Waals surface area contributed by atoms with E-state index >= 15 is 0 Å². The molecule has 0 bridgehead atoms. The summed E-state index contributed by atoms with van der Waals surface area (Å²) >= 11 is 7.00. The fourth-order valence-corrected chi connectivity index (χ4v) is 3.13. The third-order valence-electron chi connectivity index (χ3n) is 2.84. The van der Waals surface area contributed by atoms with Gasteiger partial charge in [-0.3, -0.25) is 0 Å². The molecule has 0 saturated heterocycles. The quantitative estimate of drug-likeness (QED) is 0.553. The molecule has 3 atom stereocenters. The number of carbonyl (C=O) groups is 2. The van der Waals surface area contributed by atoms with E-state index in [4.69, 9.17) is 9.47 Å². The smallest absolute Gasteiger partial charge is 0.334 e. The lowest BCUT2D eigenvalue weighted by atomic mass is 9.83. The number of rotatable bonds is 2. The van der Waals surface area contributed by atoms with Gasteiger partial charge in [-0.2, -0.15) is 0 Å². The van der Waals surface area contributed by atoms with Crippen LogP contribution in [0.1, 0.15) is 13.3 Å². The summed E-state index contributed by atoms with van der Waals surface area (Å²) < 4.78 is 9.43. The average Bonchev–Trinajstić information content (AvgIpc) is 2.33. The molecule has 0 aromatic carbocycles. The highest BCUT2D eigenvalue weighted by Crippen LogP contribution is 2.39. The van der Waals surface area contributed by atoms with E-state index in [0.29, 0.717) is 17.6 Å². The minimum atomic E-state index is -0.471. The number of ether oxygens (including phenoxy) is 2. The Bertz CT molecular complexity index is 364. The Labute approximate surface area is 117 Å². The third kappa shape index (κ3) is 2.91. The highest BCUT2D eigenvalue weighted by molar-refractivity contribution is 9.12. The standard InChI is InChI=1S/C11H14Br2O4/c1-5-8(11(15)17-3)6(10(14)16-2)4-7(12)9(5)13/h5,7,9H,4H2,1-3H3. The van der Waals surface area contributed by atoms with Gasteiger partial charge in [0.25, 0.3) is 0 Å². The maximum absolute atomic E-state index is 11.7. The van der Waals surface area contributed by atoms with Crippen LogP contribution in [-0.4, -0.2) is 35.8 Å². The molecule has 0 radical (unpaired) electrons. The summed E-state index contributed by atoms with van der Waals surface area (Å²) in [7, 11) is 2.61. The SMILES string of the molecule is COC(=O)C1=C(C(=O)OC)C(C)C(Br)C(Br)C1. The fourth-order valence-electron chi connectivity index (χ4n) is 1.90. The van der Waals surface area contributed by atoms with Crippen LogP contribution in [0.15, 0.2) is 11.1 Å². The van der Waals surface area contributed by atoms with Crippen molar-refractivity contribution < 1.29 is 19.1 Å². The van der Waals surface area contributed by atoms with Gasteiger partial charge in [0.15, 0.2) is 0 Å². The van der Waals surface area contributed by atoms with Crippen LogP contribution in [0.3, 0.4) is 0 Å². The van der Waals surface area contributed by atoms with E-state index in [1.54, 1.807) is 0 Å². The van der Waals surface area contributed by atoms with Crippen LogP contribution in [0, 0.1) is 5.92 Å². The summed E-state index contributed by atoms with van der Waals surface area (Å²) in [5.41, 5.74) is 0.793. The van der Waals surface area contributed by atoms with Gasteiger partial charge in [0.1, 0.15) is 0 Å². The maximum Gasteiger partial charge on any atom is 0.334 e. The van der Waals surface area contributed by atoms with Gasteiger partial charge in [0.05, 0.1) is 19.8 Å². The number of esters is 2. The first-order valence-electron chi connectivity index (χ1n) is 5.11. The van der Waals surface area contributed by atoms with E-state index in [1.807, 2.05) is 6.92 Å². The Kier molecular flexibility index (Phi) is 5.19. The van der Waals surface area contributed by atoms with Crippen molar-refractivity contribution in [2.24, 2.45) is 5.92 Å². The summed E-state index contributed by atoms with van der Waals surface area (Å²) in [5, 5.41) is 0. The number of carbonyl (C=O) groups excluding carboxylic acids is 2. The molecule has 3 unspecified atom stereocenters. The largest absolute Gasteiger partial charge is 0.466 e. The molecular weight excluding hydrogens is 356 g/mol. The van der Waals surface area contributed by atoms with Gasteiger partial charge in [-0.1, -0.05) is 38.8 Å². The van der Waals surface area contributed by atoms with Crippen molar-refractivity contribution in [3.05, 3.63) is 11.1 Å². The molecule has 4 nitrogen and oxygen atoms in total. The Morgan fingerprint density at radius 1 is 1.18 bits per heavy atom. The first-order valence-corrected chi connectivity index (χ1v) is 6.95. The molecule has 0 saturated carbocycles. The Morgan fingerprint density at radius 3 is 2.18 bits per heavy atom. The normalized spacial score (nSPS) is 28.9. The molecule has 17 heavy (non-hydrogen) atoms. The number of hydrogen-bond donors (Lipinski definition) is 0. The highest BCUT2D eigenvalue weighted by Gasteiger charge is 2.39. The topological polar surface area (TPSA) is 52.6 Å². The van der Waals surface area contributed by atoms with Gasteiger partial charge >= 0.3 is 11.9 Å². The lowest BCUT2D eigenvalue weighted by Crippen LogP contribution is -2.35. The predicted molar refractivity (Wildman–Crippen MR) is 70.3 cm³/mol. The van der Waals surface area contributed by atoms with Crippen molar-refractivity contribution in [2.75, 3.05) is 14.2 Å². The Balaban J connectivity index is 3.24. The Morgan fingerprint density at radius 2 is 1.71 bits per heavy atom. The number of alkyl halides is 2. The summed E-state index contributed by atoms with van der Waals surface area (Å²) in [4.78, 5) is 23.6. The van der Waals surface area contributed by atoms with Crippen molar-refractivity contribution in [1.29, 1.82) is 0 Å². The molecule has 0 fully saturated rings. The number of methoxy groups -OCH3 is 2. The molecule has 0 spiro atoms. The van der Waals surface area contributed by atoms with E-state index in [-0.39, 0.29) is 15.6 Å². The summed E-state index contributed by atoms with van der Waals surface area (Å²) in [6, 6.07) is 0. The molecular formula is C11H14Br2O4. The minimum Gasteiger partial charge on any atom is -0.466 e. The minimum absolute atomic E-state index is 0.0741. The molecule has 1 aliphatic rings. The molecule has 0 heterocycles. The van der Waals surface area contributed by atoms with E-state index in [1.165, 1.54) is 14.2 Å². The van der Waals surface area contributed by atoms with Crippen molar-refractivity contribution >= 4 is 43.8 Å². The first-order chi connectivity index (χ1) is 7.93. The third-order valence-corrected chi connectivity index (χ3v) is 5.87. The summed E-state index contributed by atoms with van der Waals surface area (Å²) in [6.45, 7) is 1.88. The molecule has 0 aromatic rings. The fraction of sp³-hybridized carbons (Fsp3) is 0.636. The van der Waals surface area contributed by atoms with E-state index in [0.717, 1.165) is 0 Å². The average molecular weight is 370 g/mol. The summed E-state index contributed by atoms with van der Waals surface area (Å²) in [6.07, 6.45) is 0.442. The second-order valence-corrected chi connectivity index (χ2v) is 6.06. The number of halogens is 2. The lowest BCUT2D eigenvalue weighted by Gasteiger charge is -2.31. The zero-order valence-electron chi connectivity index (χ0n) is 9.83. The molecule has 0 aliphatic heterocycles. The molecule has 6 heteroatoms. The molecule has 1 rings (SSSR count). The lowest BCUT2D eigenvalue weighted by molar-refractivity contribution is -0.140. The second kappa shape index (κ2) is 6.00. The number of hydrogen-bond acceptors (Lipinski definition) is 4. The molecule has 0 aromatic heterocycles. The van der Waals surface area contributed by atoms with Gasteiger partial charge in [-0.25, -0.2) is 9.59 Å². The molecule has 96 valence electrons. The monoisotopic (exact) mass is 368 g/mol. The van der Waals surface area contributed by atoms with Gasteiger partial charge < -0.3 is 9.47 Å². The summed E-state index contributed by atoms with van der Waals surface area (Å²) in [5.74, 6) is -1.06. The van der Waals surface area contributed by atoms with Crippen LogP contribution >= 0.6 is 31.9 Å². The van der Waals surface area contributed by atoms with Crippen LogP contribution < -0.4 is 0 Å². The predicted octanol–water partition coefficient (Wildman–Crippen LogP) is 2.20. The van der Waals surface area contributed by atoms with Crippen molar-refractivity contribution in [2.45, 2.75) is 23.0 Å². The van der Waals surface area contributed by atoms with E-state index < -0.39 is 11.9 Å². The van der Waals surface area contributed by atoms with Crippen LogP contribution in [0.5, 0.6) is 0 Å². The zero-order valence-corrected chi connectivity index (χ0v) is 13.0. The Hall–Kier alpha value is -0.360. The van der Waals surface area contributed by atoms with Gasteiger partial charge in [0, 0.05) is 21.1 Å². The van der Waals surface area contributed by atoms with E-state index in [2.05, 4.69) is 31.9 Å². The van der Waals surface area contributed by atoms with Crippen molar-refractivity contribution in [1.82, 2.24) is 0 Å². The van der Waals surface area contributed by atoms with Crippen molar-refractivity contribution in [3.63, 3.8) is 0 Å². The maximum atomic E-state index is 11.7. The van der Waals surface area contributed by atoms with Crippen LogP contribution in [0.2, 0.25) is 0 Å².